The summed E-state index contributed by atoms with van der Waals surface area (Å²) in [5.74, 6) is 0.660. The van der Waals surface area contributed by atoms with Gasteiger partial charge in [-0.1, -0.05) is 74.9 Å². The van der Waals surface area contributed by atoms with Crippen molar-refractivity contribution in [1.29, 1.82) is 0 Å². The van der Waals surface area contributed by atoms with Crippen LogP contribution < -0.4 is 0 Å². The standard InChI is InChI=1S/C26H30N4O2S/c1-6-32-21(31)16-33-22-23(26(3,4)5)28-30-25(22)27-24(29-30)20-12-10-18(11-13-20)15-19-9-7-8-17(2)14-19/h7-14,28H,6,15-16H2,1-5H3. The number of aromatic nitrogens is 4. The monoisotopic (exact) mass is 462 g/mol. The van der Waals surface area contributed by atoms with Gasteiger partial charge in [-0.2, -0.15) is 4.63 Å². The lowest BCUT2D eigenvalue weighted by Crippen LogP contribution is -2.14. The molecule has 0 bridgehead atoms. The van der Waals surface area contributed by atoms with Crippen molar-refractivity contribution in [2.75, 3.05) is 12.4 Å². The summed E-state index contributed by atoms with van der Waals surface area (Å²) in [4.78, 5) is 17.7. The molecule has 2 heterocycles. The van der Waals surface area contributed by atoms with Gasteiger partial charge in [0.1, 0.15) is 0 Å². The molecule has 4 rings (SSSR count). The summed E-state index contributed by atoms with van der Waals surface area (Å²) in [7, 11) is 0. The third-order valence-corrected chi connectivity index (χ3v) is 6.40. The van der Waals surface area contributed by atoms with Crippen molar-refractivity contribution in [3.05, 3.63) is 70.9 Å². The quantitative estimate of drug-likeness (QED) is 0.287. The van der Waals surface area contributed by atoms with Crippen molar-refractivity contribution in [1.82, 2.24) is 19.8 Å². The van der Waals surface area contributed by atoms with Crippen LogP contribution in [0.5, 0.6) is 0 Å². The smallest absolute Gasteiger partial charge is 0.316 e. The maximum absolute atomic E-state index is 11.9. The van der Waals surface area contributed by atoms with E-state index in [1.807, 2.05) is 6.92 Å². The van der Waals surface area contributed by atoms with Crippen LogP contribution in [0.3, 0.4) is 0 Å². The van der Waals surface area contributed by atoms with E-state index in [4.69, 9.17) is 9.72 Å². The summed E-state index contributed by atoms with van der Waals surface area (Å²) in [6, 6.07) is 17.0. The predicted molar refractivity (Wildman–Crippen MR) is 133 cm³/mol. The van der Waals surface area contributed by atoms with Crippen LogP contribution in [0.25, 0.3) is 17.0 Å². The van der Waals surface area contributed by atoms with Crippen molar-refractivity contribution in [2.24, 2.45) is 0 Å². The van der Waals surface area contributed by atoms with Gasteiger partial charge in [0.15, 0.2) is 11.5 Å². The zero-order chi connectivity index (χ0) is 23.6. The van der Waals surface area contributed by atoms with Crippen molar-refractivity contribution < 1.29 is 9.53 Å². The van der Waals surface area contributed by atoms with Gasteiger partial charge in [-0.25, -0.2) is 4.98 Å². The van der Waals surface area contributed by atoms with E-state index in [9.17, 15) is 4.79 Å². The second-order valence-electron chi connectivity index (χ2n) is 9.19. The number of H-pyrrole nitrogens is 1. The number of carbonyl (C=O) groups is 1. The summed E-state index contributed by atoms with van der Waals surface area (Å²) in [5, 5.41) is 8.06. The number of hydrogen-bond donors (Lipinski definition) is 1. The molecule has 0 aliphatic carbocycles. The highest BCUT2D eigenvalue weighted by molar-refractivity contribution is 8.00. The molecule has 0 saturated heterocycles. The molecule has 33 heavy (non-hydrogen) atoms. The van der Waals surface area contributed by atoms with Gasteiger partial charge in [-0.15, -0.1) is 16.9 Å². The maximum atomic E-state index is 11.9. The number of thioether (sulfide) groups is 1. The average molecular weight is 463 g/mol. The van der Waals surface area contributed by atoms with Crippen LogP contribution in [0.15, 0.2) is 53.4 Å². The van der Waals surface area contributed by atoms with Gasteiger partial charge >= 0.3 is 5.97 Å². The first-order valence-corrected chi connectivity index (χ1v) is 12.2. The van der Waals surface area contributed by atoms with Crippen LogP contribution in [0.4, 0.5) is 0 Å². The SMILES string of the molecule is CCOC(=O)CSc1c(C(C)(C)C)[nH]n2nc(-c3ccc(Cc4cccc(C)c4)cc3)nc12. The first-order chi connectivity index (χ1) is 15.7. The lowest BCUT2D eigenvalue weighted by Gasteiger charge is -2.18. The number of nitrogens with zero attached hydrogens (tertiary/aromatic N) is 3. The zero-order valence-electron chi connectivity index (χ0n) is 19.8. The molecule has 0 unspecified atom stereocenters. The van der Waals surface area contributed by atoms with E-state index in [-0.39, 0.29) is 17.1 Å². The van der Waals surface area contributed by atoms with Gasteiger partial charge in [0, 0.05) is 11.0 Å². The molecule has 2 aromatic carbocycles. The van der Waals surface area contributed by atoms with Crippen LogP contribution in [-0.2, 0) is 21.4 Å². The number of nitrogens with one attached hydrogen (secondary N) is 1. The molecule has 172 valence electrons. The summed E-state index contributed by atoms with van der Waals surface area (Å²) >= 11 is 1.44. The number of aromatic amines is 1. The molecule has 1 N–H and O–H groups in total. The molecule has 0 spiro atoms. The fourth-order valence-electron chi connectivity index (χ4n) is 3.74. The fourth-order valence-corrected chi connectivity index (χ4v) is 4.84. The van der Waals surface area contributed by atoms with Gasteiger partial charge in [0.25, 0.3) is 0 Å². The molecule has 0 radical (unpaired) electrons. The molecule has 0 fully saturated rings. The van der Waals surface area contributed by atoms with Gasteiger partial charge in [-0.05, 0) is 31.4 Å². The first kappa shape index (κ1) is 23.1. The molecule has 0 atom stereocenters. The lowest BCUT2D eigenvalue weighted by molar-refractivity contribution is -0.139. The first-order valence-electron chi connectivity index (χ1n) is 11.2. The summed E-state index contributed by atoms with van der Waals surface area (Å²) in [6.45, 7) is 10.7. The number of aryl methyl sites for hydroxylation is 1. The summed E-state index contributed by atoms with van der Waals surface area (Å²) in [5.41, 5.74) is 6.37. The van der Waals surface area contributed by atoms with Gasteiger partial charge in [0.2, 0.25) is 0 Å². The highest BCUT2D eigenvalue weighted by Crippen LogP contribution is 2.35. The number of ether oxygens (including phenoxy) is 1. The van der Waals surface area contributed by atoms with E-state index in [1.54, 1.807) is 4.63 Å². The molecule has 2 aromatic heterocycles. The second-order valence-corrected chi connectivity index (χ2v) is 10.2. The lowest BCUT2D eigenvalue weighted by atomic mass is 9.92. The molecular formula is C26H30N4O2S. The Bertz CT molecular complexity index is 1270. The van der Waals surface area contributed by atoms with Crippen LogP contribution in [0, 0.1) is 6.92 Å². The van der Waals surface area contributed by atoms with Crippen LogP contribution in [0.1, 0.15) is 50.1 Å². The van der Waals surface area contributed by atoms with E-state index in [0.29, 0.717) is 12.4 Å². The van der Waals surface area contributed by atoms with Gasteiger partial charge in [-0.3, -0.25) is 9.89 Å². The Morgan fingerprint density at radius 2 is 1.88 bits per heavy atom. The number of carbonyl (C=O) groups excluding carboxylic acids is 1. The summed E-state index contributed by atoms with van der Waals surface area (Å²) < 4.78 is 6.81. The second kappa shape index (κ2) is 9.43. The van der Waals surface area contributed by atoms with Crippen molar-refractivity contribution >= 4 is 23.4 Å². The van der Waals surface area contributed by atoms with Crippen molar-refractivity contribution in [2.45, 2.75) is 51.3 Å². The minimum absolute atomic E-state index is 0.142. The third kappa shape index (κ3) is 5.30. The van der Waals surface area contributed by atoms with E-state index in [1.165, 1.54) is 28.5 Å². The number of esters is 1. The normalized spacial score (nSPS) is 11.8. The molecule has 0 saturated carbocycles. The molecule has 6 nitrogen and oxygen atoms in total. The molecule has 0 aliphatic rings. The number of rotatable bonds is 7. The Kier molecular flexibility index (Phi) is 6.61. The number of benzene rings is 2. The Morgan fingerprint density at radius 3 is 2.55 bits per heavy atom. The van der Waals surface area contributed by atoms with E-state index < -0.39 is 0 Å². The van der Waals surface area contributed by atoms with E-state index >= 15 is 0 Å². The van der Waals surface area contributed by atoms with Crippen molar-refractivity contribution in [3.63, 3.8) is 0 Å². The molecule has 0 amide bonds. The molecule has 4 aromatic rings. The van der Waals surface area contributed by atoms with Gasteiger partial charge < -0.3 is 4.74 Å². The number of hydrogen-bond acceptors (Lipinski definition) is 5. The van der Waals surface area contributed by atoms with E-state index in [2.05, 4.69) is 86.4 Å². The third-order valence-electron chi connectivity index (χ3n) is 5.35. The minimum atomic E-state index is -0.231. The highest BCUT2D eigenvalue weighted by atomic mass is 32.2. The van der Waals surface area contributed by atoms with Crippen LogP contribution in [0.2, 0.25) is 0 Å². The van der Waals surface area contributed by atoms with Crippen molar-refractivity contribution in [3.8, 4) is 11.4 Å². The Balaban J connectivity index is 1.60. The fraction of sp³-hybridized carbons (Fsp3) is 0.346. The Labute approximate surface area is 198 Å². The topological polar surface area (TPSA) is 72.3 Å². The highest BCUT2D eigenvalue weighted by Gasteiger charge is 2.26. The largest absolute Gasteiger partial charge is 0.465 e. The van der Waals surface area contributed by atoms with Crippen LogP contribution in [-0.4, -0.2) is 38.1 Å². The Morgan fingerprint density at radius 1 is 1.12 bits per heavy atom. The Hall–Kier alpha value is -3.06. The predicted octanol–water partition coefficient (Wildman–Crippen LogP) is 5.58. The molecular weight excluding hydrogens is 432 g/mol. The van der Waals surface area contributed by atoms with Crippen LogP contribution >= 0.6 is 11.8 Å². The van der Waals surface area contributed by atoms with Gasteiger partial charge in [0.05, 0.1) is 22.9 Å². The maximum Gasteiger partial charge on any atom is 0.316 e. The van der Waals surface area contributed by atoms with E-state index in [0.717, 1.165) is 28.2 Å². The minimum Gasteiger partial charge on any atom is -0.465 e. The molecule has 7 heteroatoms. The zero-order valence-corrected chi connectivity index (χ0v) is 20.6. The summed E-state index contributed by atoms with van der Waals surface area (Å²) in [6.07, 6.45) is 0.892. The average Bonchev–Trinajstić information content (AvgIpc) is 3.31. The number of fused-ring (bicyclic) bond motifs is 1. The molecule has 0 aliphatic heterocycles.